The van der Waals surface area contributed by atoms with Gasteiger partial charge in [0.25, 0.3) is 0 Å². The summed E-state index contributed by atoms with van der Waals surface area (Å²) in [5.41, 5.74) is 14.4. The van der Waals surface area contributed by atoms with Gasteiger partial charge in [0.2, 0.25) is 0 Å². The molecule has 0 bridgehead atoms. The third kappa shape index (κ3) is 6.76. The minimum atomic E-state index is 0.933. The number of hydrogen-bond acceptors (Lipinski definition) is 3. The number of rotatable bonds is 10. The van der Waals surface area contributed by atoms with Crippen LogP contribution >= 0.6 is 0 Å². The van der Waals surface area contributed by atoms with Crippen LogP contribution in [0, 0.1) is 0 Å². The second-order valence-electron chi connectivity index (χ2n) is 15.3. The van der Waals surface area contributed by atoms with Crippen LogP contribution in [-0.2, 0) is 0 Å². The van der Waals surface area contributed by atoms with Crippen molar-refractivity contribution in [3.05, 3.63) is 242 Å². The Hall–Kier alpha value is -8.21. The van der Waals surface area contributed by atoms with Crippen LogP contribution in [0.15, 0.2) is 237 Å². The lowest BCUT2D eigenvalue weighted by atomic mass is 9.96. The molecule has 9 aromatic carbocycles. The van der Waals surface area contributed by atoms with Crippen molar-refractivity contribution >= 4 is 67.1 Å². The van der Waals surface area contributed by atoms with Crippen molar-refractivity contribution in [2.45, 2.75) is 0 Å². The van der Waals surface area contributed by atoms with Crippen molar-refractivity contribution in [1.82, 2.24) is 9.55 Å². The minimum Gasteiger partial charge on any atom is -0.317 e. The molecule has 0 N–H and O–H groups in total. The standard InChI is InChI=1S/C57H40N4/c1-6-16-47(17-7-1)59(48-18-8-2-9-19-48)35-34-41-26-33-53(58-40-41)46-37-44-28-27-43-36-45(38-54-56(43)57(44)55(39-46)61(54)51-24-14-5-15-25-51)42-29-31-52(32-30-42)60(49-20-10-3-11-21-49)50-22-12-4-13-23-50/h1-40H. The molecular formula is C57H40N4. The van der Waals surface area contributed by atoms with Gasteiger partial charge in [-0.15, -0.1) is 0 Å². The monoisotopic (exact) mass is 780 g/mol. The Labute approximate surface area is 355 Å². The van der Waals surface area contributed by atoms with Crippen molar-refractivity contribution in [1.29, 1.82) is 0 Å². The average molecular weight is 781 g/mol. The Balaban J connectivity index is 0.979. The lowest BCUT2D eigenvalue weighted by Gasteiger charge is -2.25. The van der Waals surface area contributed by atoms with Crippen LogP contribution < -0.4 is 9.80 Å². The molecule has 0 spiro atoms. The second-order valence-corrected chi connectivity index (χ2v) is 15.3. The van der Waals surface area contributed by atoms with Crippen LogP contribution in [0.5, 0.6) is 0 Å². The molecule has 288 valence electrons. The summed E-state index contributed by atoms with van der Waals surface area (Å²) in [6.45, 7) is 0. The third-order valence-electron chi connectivity index (χ3n) is 11.5. The molecule has 0 amide bonds. The van der Waals surface area contributed by atoms with E-state index in [4.69, 9.17) is 4.98 Å². The number of nitrogens with zero attached hydrogens (tertiary/aromatic N) is 4. The molecule has 0 radical (unpaired) electrons. The zero-order chi connectivity index (χ0) is 40.5. The van der Waals surface area contributed by atoms with E-state index in [1.807, 2.05) is 18.3 Å². The summed E-state index contributed by atoms with van der Waals surface area (Å²) >= 11 is 0. The molecule has 2 heterocycles. The van der Waals surface area contributed by atoms with Crippen molar-refractivity contribution < 1.29 is 0 Å². The Morgan fingerprint density at radius 2 is 0.869 bits per heavy atom. The SMILES string of the molecule is C(=CN(c1ccccc1)c1ccccc1)c1ccc(-c2cc3ccc4cc(-c5ccc(N(c6ccccc6)c6ccccc6)cc5)cc5c4c3c(c2)n5-c2ccccc2)nc1. The molecule has 61 heavy (non-hydrogen) atoms. The number of hydrogen-bond donors (Lipinski definition) is 0. The van der Waals surface area contributed by atoms with E-state index < -0.39 is 0 Å². The zero-order valence-corrected chi connectivity index (χ0v) is 33.4. The number of anilines is 5. The predicted octanol–water partition coefficient (Wildman–Crippen LogP) is 15.4. The molecule has 0 aliphatic rings. The fourth-order valence-electron chi connectivity index (χ4n) is 8.67. The molecule has 0 fully saturated rings. The van der Waals surface area contributed by atoms with E-state index in [0.717, 1.165) is 50.9 Å². The summed E-state index contributed by atoms with van der Waals surface area (Å²) < 4.78 is 2.43. The first-order valence-electron chi connectivity index (χ1n) is 20.7. The van der Waals surface area contributed by atoms with Crippen LogP contribution in [0.4, 0.5) is 28.4 Å². The Bertz CT molecular complexity index is 3170. The molecular weight excluding hydrogens is 741 g/mol. The third-order valence-corrected chi connectivity index (χ3v) is 11.5. The molecule has 0 saturated carbocycles. The largest absolute Gasteiger partial charge is 0.317 e. The Kier molecular flexibility index (Phi) is 9.14. The second kappa shape index (κ2) is 15.5. The van der Waals surface area contributed by atoms with Crippen LogP contribution in [-0.4, -0.2) is 9.55 Å². The zero-order valence-electron chi connectivity index (χ0n) is 33.4. The molecule has 0 atom stereocenters. The van der Waals surface area contributed by atoms with E-state index in [1.165, 1.54) is 43.7 Å². The van der Waals surface area contributed by atoms with Crippen LogP contribution in [0.3, 0.4) is 0 Å². The van der Waals surface area contributed by atoms with E-state index in [2.05, 4.69) is 239 Å². The van der Waals surface area contributed by atoms with Gasteiger partial charge in [-0.25, -0.2) is 0 Å². The summed E-state index contributed by atoms with van der Waals surface area (Å²) in [5, 5.41) is 4.97. The fourth-order valence-corrected chi connectivity index (χ4v) is 8.67. The molecule has 2 aromatic heterocycles. The fraction of sp³-hybridized carbons (Fsp3) is 0. The Morgan fingerprint density at radius 3 is 1.39 bits per heavy atom. The van der Waals surface area contributed by atoms with Gasteiger partial charge in [0.05, 0.1) is 16.7 Å². The van der Waals surface area contributed by atoms with Gasteiger partial charge >= 0.3 is 0 Å². The van der Waals surface area contributed by atoms with E-state index in [0.29, 0.717) is 0 Å². The van der Waals surface area contributed by atoms with Gasteiger partial charge in [0.15, 0.2) is 0 Å². The molecule has 11 aromatic rings. The van der Waals surface area contributed by atoms with Gasteiger partial charge in [0.1, 0.15) is 0 Å². The maximum Gasteiger partial charge on any atom is 0.0703 e. The highest BCUT2D eigenvalue weighted by Gasteiger charge is 2.20. The van der Waals surface area contributed by atoms with E-state index in [1.54, 1.807) is 0 Å². The van der Waals surface area contributed by atoms with Gasteiger partial charge < -0.3 is 14.4 Å². The number of pyridine rings is 1. The maximum atomic E-state index is 5.03. The first kappa shape index (κ1) is 35.9. The van der Waals surface area contributed by atoms with Gasteiger partial charge in [-0.2, -0.15) is 0 Å². The normalized spacial score (nSPS) is 11.5. The predicted molar refractivity (Wildman–Crippen MR) is 257 cm³/mol. The van der Waals surface area contributed by atoms with Crippen molar-refractivity contribution in [2.24, 2.45) is 0 Å². The number of para-hydroxylation sites is 5. The van der Waals surface area contributed by atoms with Crippen LogP contribution in [0.2, 0.25) is 0 Å². The maximum absolute atomic E-state index is 5.03. The highest BCUT2D eigenvalue weighted by Crippen LogP contribution is 2.43. The average Bonchev–Trinajstić information content (AvgIpc) is 3.67. The van der Waals surface area contributed by atoms with E-state index in [9.17, 15) is 0 Å². The smallest absolute Gasteiger partial charge is 0.0703 e. The number of benzene rings is 9. The molecule has 4 heteroatoms. The van der Waals surface area contributed by atoms with Crippen molar-refractivity contribution in [2.75, 3.05) is 9.80 Å². The minimum absolute atomic E-state index is 0.933. The van der Waals surface area contributed by atoms with Crippen LogP contribution in [0.1, 0.15) is 5.56 Å². The first-order chi connectivity index (χ1) is 30.2. The number of aromatic nitrogens is 2. The molecule has 0 saturated heterocycles. The summed E-state index contributed by atoms with van der Waals surface area (Å²) in [6.07, 6.45) is 6.20. The van der Waals surface area contributed by atoms with Gasteiger partial charge in [-0.05, 0) is 137 Å². The van der Waals surface area contributed by atoms with Gasteiger partial charge in [-0.1, -0.05) is 121 Å². The quantitative estimate of drug-likeness (QED) is 0.129. The summed E-state index contributed by atoms with van der Waals surface area (Å²) in [7, 11) is 0. The van der Waals surface area contributed by atoms with Gasteiger partial charge in [-0.3, -0.25) is 4.98 Å². The topological polar surface area (TPSA) is 24.3 Å². The van der Waals surface area contributed by atoms with Crippen molar-refractivity contribution in [3.8, 4) is 28.1 Å². The van der Waals surface area contributed by atoms with E-state index >= 15 is 0 Å². The molecule has 0 aliphatic carbocycles. The van der Waals surface area contributed by atoms with Crippen LogP contribution in [0.25, 0.3) is 66.7 Å². The lowest BCUT2D eigenvalue weighted by Crippen LogP contribution is -2.09. The molecule has 0 unspecified atom stereocenters. The molecule has 4 nitrogen and oxygen atoms in total. The lowest BCUT2D eigenvalue weighted by molar-refractivity contribution is 1.18. The summed E-state index contributed by atoms with van der Waals surface area (Å²) in [6, 6.07) is 79.8. The summed E-state index contributed by atoms with van der Waals surface area (Å²) in [5.74, 6) is 0. The highest BCUT2D eigenvalue weighted by atomic mass is 15.1. The Morgan fingerprint density at radius 1 is 0.393 bits per heavy atom. The van der Waals surface area contributed by atoms with Crippen molar-refractivity contribution in [3.63, 3.8) is 0 Å². The summed E-state index contributed by atoms with van der Waals surface area (Å²) in [4.78, 5) is 9.53. The van der Waals surface area contributed by atoms with E-state index in [-0.39, 0.29) is 0 Å². The molecule has 11 rings (SSSR count). The molecule has 0 aliphatic heterocycles. The van der Waals surface area contributed by atoms with Gasteiger partial charge in [0, 0.05) is 62.9 Å². The highest BCUT2D eigenvalue weighted by molar-refractivity contribution is 6.25. The first-order valence-corrected chi connectivity index (χ1v) is 20.7.